The van der Waals surface area contributed by atoms with E-state index in [-0.39, 0.29) is 12.1 Å². The van der Waals surface area contributed by atoms with Gasteiger partial charge in [0.15, 0.2) is 0 Å². The summed E-state index contributed by atoms with van der Waals surface area (Å²) in [6.45, 7) is 0.436. The van der Waals surface area contributed by atoms with Crippen LogP contribution in [0, 0.1) is 0 Å². The zero-order chi connectivity index (χ0) is 19.1. The molecule has 0 unspecified atom stereocenters. The highest BCUT2D eigenvalue weighted by molar-refractivity contribution is 5.75. The average molecular weight is 360 g/mol. The van der Waals surface area contributed by atoms with Gasteiger partial charge in [-0.15, -0.1) is 0 Å². The van der Waals surface area contributed by atoms with Gasteiger partial charge >= 0.3 is 6.03 Å². The first-order valence-electron chi connectivity index (χ1n) is 8.90. The van der Waals surface area contributed by atoms with Crippen molar-refractivity contribution in [1.82, 2.24) is 15.6 Å². The van der Waals surface area contributed by atoms with Crippen molar-refractivity contribution in [3.05, 3.63) is 95.7 Å². The number of carbonyl (C=O) groups is 1. The van der Waals surface area contributed by atoms with Crippen LogP contribution in [0.25, 0.3) is 0 Å². The number of carbonyl (C=O) groups excluding carboxylic acids is 1. The van der Waals surface area contributed by atoms with Crippen molar-refractivity contribution in [3.63, 3.8) is 0 Å². The summed E-state index contributed by atoms with van der Waals surface area (Å²) in [5, 5.41) is 6.02. The van der Waals surface area contributed by atoms with Crippen LogP contribution in [0.1, 0.15) is 22.7 Å². The van der Waals surface area contributed by atoms with E-state index in [2.05, 4.69) is 15.6 Å². The van der Waals surface area contributed by atoms with Crippen molar-refractivity contribution in [2.75, 3.05) is 19.0 Å². The first kappa shape index (κ1) is 18.5. The molecule has 1 aromatic heterocycles. The molecule has 0 aliphatic carbocycles. The molecule has 1 heterocycles. The molecule has 2 N–H and O–H groups in total. The largest absolute Gasteiger partial charge is 0.363 e. The standard InChI is InChI=1S/C22H24N4O/c1-26(2)20-15-17(13-14-23-20)16-24-22(27)25-21(18-9-5-3-6-10-18)19-11-7-4-8-12-19/h3-15,21H,16H2,1-2H3,(H2,24,25,27). The van der Waals surface area contributed by atoms with Crippen molar-refractivity contribution in [2.45, 2.75) is 12.6 Å². The second kappa shape index (κ2) is 8.85. The van der Waals surface area contributed by atoms with E-state index in [4.69, 9.17) is 0 Å². The van der Waals surface area contributed by atoms with Gasteiger partial charge in [-0.05, 0) is 28.8 Å². The van der Waals surface area contributed by atoms with Gasteiger partial charge in [0.2, 0.25) is 0 Å². The number of hydrogen-bond donors (Lipinski definition) is 2. The lowest BCUT2D eigenvalue weighted by Gasteiger charge is -2.20. The maximum absolute atomic E-state index is 12.5. The van der Waals surface area contributed by atoms with Crippen LogP contribution in [-0.2, 0) is 6.54 Å². The van der Waals surface area contributed by atoms with Gasteiger partial charge in [0.25, 0.3) is 0 Å². The quantitative estimate of drug-likeness (QED) is 0.704. The van der Waals surface area contributed by atoms with Gasteiger partial charge in [0, 0.05) is 26.8 Å². The van der Waals surface area contributed by atoms with Crippen molar-refractivity contribution < 1.29 is 4.79 Å². The average Bonchev–Trinajstić information content (AvgIpc) is 2.72. The Kier molecular flexibility index (Phi) is 6.05. The molecule has 0 radical (unpaired) electrons. The molecule has 3 rings (SSSR count). The highest BCUT2D eigenvalue weighted by Crippen LogP contribution is 2.21. The third kappa shape index (κ3) is 5.07. The predicted molar refractivity (Wildman–Crippen MR) is 109 cm³/mol. The highest BCUT2D eigenvalue weighted by atomic mass is 16.2. The Labute approximate surface area is 160 Å². The predicted octanol–water partition coefficient (Wildman–Crippen LogP) is 3.74. The van der Waals surface area contributed by atoms with Crippen LogP contribution in [0.2, 0.25) is 0 Å². The molecule has 0 bridgehead atoms. The molecule has 0 fully saturated rings. The van der Waals surface area contributed by atoms with E-state index in [1.165, 1.54) is 0 Å². The molecule has 0 atom stereocenters. The minimum absolute atomic E-state index is 0.206. The third-order valence-corrected chi connectivity index (χ3v) is 4.26. The van der Waals surface area contributed by atoms with E-state index in [1.54, 1.807) is 6.20 Å². The number of amides is 2. The van der Waals surface area contributed by atoms with Gasteiger partial charge in [-0.2, -0.15) is 0 Å². The number of nitrogens with one attached hydrogen (secondary N) is 2. The maximum atomic E-state index is 12.5. The SMILES string of the molecule is CN(C)c1cc(CNC(=O)NC(c2ccccc2)c2ccccc2)ccn1. The van der Waals surface area contributed by atoms with Gasteiger partial charge < -0.3 is 15.5 Å². The van der Waals surface area contributed by atoms with Crippen LogP contribution in [0.5, 0.6) is 0 Å². The number of pyridine rings is 1. The second-order valence-electron chi connectivity index (χ2n) is 6.50. The molecule has 0 aliphatic rings. The number of rotatable bonds is 6. The molecular formula is C22H24N4O. The van der Waals surface area contributed by atoms with Crippen LogP contribution in [-0.4, -0.2) is 25.1 Å². The fraction of sp³-hybridized carbons (Fsp3) is 0.182. The number of anilines is 1. The monoisotopic (exact) mass is 360 g/mol. The second-order valence-corrected chi connectivity index (χ2v) is 6.50. The first-order valence-corrected chi connectivity index (χ1v) is 8.90. The minimum atomic E-state index is -0.212. The molecule has 27 heavy (non-hydrogen) atoms. The Morgan fingerprint density at radius 1 is 0.963 bits per heavy atom. The highest BCUT2D eigenvalue weighted by Gasteiger charge is 2.16. The zero-order valence-electron chi connectivity index (χ0n) is 15.6. The van der Waals surface area contributed by atoms with E-state index in [9.17, 15) is 4.79 Å². The van der Waals surface area contributed by atoms with Gasteiger partial charge in [0.1, 0.15) is 5.82 Å². The summed E-state index contributed by atoms with van der Waals surface area (Å²) in [5.74, 6) is 0.862. The number of urea groups is 1. The summed E-state index contributed by atoms with van der Waals surface area (Å²) in [7, 11) is 3.88. The third-order valence-electron chi connectivity index (χ3n) is 4.26. The van der Waals surface area contributed by atoms with Gasteiger partial charge in [0.05, 0.1) is 6.04 Å². The summed E-state index contributed by atoms with van der Waals surface area (Å²) >= 11 is 0. The van der Waals surface area contributed by atoms with Crippen LogP contribution in [0.15, 0.2) is 79.0 Å². The fourth-order valence-corrected chi connectivity index (χ4v) is 2.83. The van der Waals surface area contributed by atoms with E-state index in [0.29, 0.717) is 6.54 Å². The minimum Gasteiger partial charge on any atom is -0.363 e. The van der Waals surface area contributed by atoms with E-state index in [0.717, 1.165) is 22.5 Å². The molecule has 0 saturated heterocycles. The molecule has 3 aromatic rings. The lowest BCUT2D eigenvalue weighted by molar-refractivity contribution is 0.238. The Morgan fingerprint density at radius 3 is 2.11 bits per heavy atom. The summed E-state index contributed by atoms with van der Waals surface area (Å²) in [4.78, 5) is 18.8. The number of aromatic nitrogens is 1. The van der Waals surface area contributed by atoms with Crippen molar-refractivity contribution in [1.29, 1.82) is 0 Å². The molecule has 2 aromatic carbocycles. The van der Waals surface area contributed by atoms with Crippen LogP contribution >= 0.6 is 0 Å². The fourth-order valence-electron chi connectivity index (χ4n) is 2.83. The van der Waals surface area contributed by atoms with Gasteiger partial charge in [-0.3, -0.25) is 0 Å². The molecular weight excluding hydrogens is 336 g/mol. The zero-order valence-corrected chi connectivity index (χ0v) is 15.6. The van der Waals surface area contributed by atoms with E-state index < -0.39 is 0 Å². The van der Waals surface area contributed by atoms with Crippen LogP contribution < -0.4 is 15.5 Å². The van der Waals surface area contributed by atoms with E-state index in [1.807, 2.05) is 91.8 Å². The number of hydrogen-bond acceptors (Lipinski definition) is 3. The molecule has 5 nitrogen and oxygen atoms in total. The van der Waals surface area contributed by atoms with Crippen LogP contribution in [0.4, 0.5) is 10.6 Å². The topological polar surface area (TPSA) is 57.3 Å². The molecule has 138 valence electrons. The van der Waals surface area contributed by atoms with Crippen molar-refractivity contribution in [2.24, 2.45) is 0 Å². The number of benzene rings is 2. The van der Waals surface area contributed by atoms with Gasteiger partial charge in [-0.25, -0.2) is 9.78 Å². The Balaban J connectivity index is 1.69. The normalized spacial score (nSPS) is 10.5. The lowest BCUT2D eigenvalue weighted by Crippen LogP contribution is -2.38. The Bertz CT molecular complexity index is 826. The first-order chi connectivity index (χ1) is 13.1. The lowest BCUT2D eigenvalue weighted by atomic mass is 9.99. The Hall–Kier alpha value is -3.34. The molecule has 0 aliphatic heterocycles. The molecule has 0 spiro atoms. The van der Waals surface area contributed by atoms with Crippen molar-refractivity contribution in [3.8, 4) is 0 Å². The molecule has 5 heteroatoms. The van der Waals surface area contributed by atoms with Gasteiger partial charge in [-0.1, -0.05) is 60.7 Å². The molecule has 2 amide bonds. The number of nitrogens with zero attached hydrogens (tertiary/aromatic N) is 2. The summed E-state index contributed by atoms with van der Waals surface area (Å²) in [6.07, 6.45) is 1.75. The maximum Gasteiger partial charge on any atom is 0.315 e. The smallest absolute Gasteiger partial charge is 0.315 e. The molecule has 0 saturated carbocycles. The van der Waals surface area contributed by atoms with Crippen LogP contribution in [0.3, 0.4) is 0 Å². The summed E-state index contributed by atoms with van der Waals surface area (Å²) in [5.41, 5.74) is 3.08. The summed E-state index contributed by atoms with van der Waals surface area (Å²) < 4.78 is 0. The van der Waals surface area contributed by atoms with E-state index >= 15 is 0 Å². The summed E-state index contributed by atoms with van der Waals surface area (Å²) in [6, 6.07) is 23.4. The van der Waals surface area contributed by atoms with Crippen molar-refractivity contribution >= 4 is 11.8 Å². The Morgan fingerprint density at radius 2 is 1.56 bits per heavy atom.